The van der Waals surface area contributed by atoms with E-state index >= 15 is 0 Å². The lowest BCUT2D eigenvalue weighted by molar-refractivity contribution is -0.115. The predicted octanol–water partition coefficient (Wildman–Crippen LogP) is 3.77. The van der Waals surface area contributed by atoms with Crippen molar-refractivity contribution in [2.45, 2.75) is 26.3 Å². The van der Waals surface area contributed by atoms with Crippen molar-refractivity contribution in [3.63, 3.8) is 0 Å². The first-order chi connectivity index (χ1) is 11.0. The summed E-state index contributed by atoms with van der Waals surface area (Å²) in [5.41, 5.74) is 1.88. The molecule has 0 aliphatic heterocycles. The van der Waals surface area contributed by atoms with Gasteiger partial charge in [0.2, 0.25) is 5.91 Å². The average Bonchev–Trinajstić information content (AvgIpc) is 2.46. The number of halogens is 1. The van der Waals surface area contributed by atoms with Crippen LogP contribution in [0.1, 0.15) is 29.8 Å². The smallest absolute Gasteiger partial charge is 0.253 e. The highest BCUT2D eigenvalue weighted by Gasteiger charge is 2.14. The van der Waals surface area contributed by atoms with Gasteiger partial charge in [-0.3, -0.25) is 9.59 Å². The average molecular weight is 375 g/mol. The molecule has 2 amide bonds. The fourth-order valence-electron chi connectivity index (χ4n) is 2.16. The molecule has 5 heteroatoms. The molecular formula is C18H19BrN2O2. The summed E-state index contributed by atoms with van der Waals surface area (Å²) in [7, 11) is 0. The number of hydrogen-bond donors (Lipinski definition) is 2. The predicted molar refractivity (Wildman–Crippen MR) is 95.5 cm³/mol. The lowest BCUT2D eigenvalue weighted by Gasteiger charge is -2.13. The third-order valence-corrected chi connectivity index (χ3v) is 3.61. The van der Waals surface area contributed by atoms with Crippen molar-refractivity contribution >= 4 is 33.4 Å². The van der Waals surface area contributed by atoms with Crippen LogP contribution in [0, 0.1) is 0 Å². The SMILES string of the molecule is CC(C)NC(=O)c1ccccc1NC(=O)Cc1cccc(Br)c1. The largest absolute Gasteiger partial charge is 0.350 e. The van der Waals surface area contributed by atoms with Crippen LogP contribution in [0.15, 0.2) is 53.0 Å². The minimum absolute atomic E-state index is 0.0351. The van der Waals surface area contributed by atoms with Crippen LogP contribution in [-0.4, -0.2) is 17.9 Å². The molecule has 23 heavy (non-hydrogen) atoms. The number of nitrogens with one attached hydrogen (secondary N) is 2. The molecule has 2 rings (SSSR count). The summed E-state index contributed by atoms with van der Waals surface area (Å²) < 4.78 is 0.930. The Labute approximate surface area is 144 Å². The van der Waals surface area contributed by atoms with Crippen LogP contribution in [0.3, 0.4) is 0 Å². The minimum atomic E-state index is -0.196. The van der Waals surface area contributed by atoms with E-state index in [-0.39, 0.29) is 24.3 Å². The molecular weight excluding hydrogens is 356 g/mol. The number of amides is 2. The Kier molecular flexibility index (Phi) is 5.93. The van der Waals surface area contributed by atoms with Crippen molar-refractivity contribution in [3.8, 4) is 0 Å². The number of para-hydroxylation sites is 1. The first-order valence-electron chi connectivity index (χ1n) is 7.40. The van der Waals surface area contributed by atoms with Gasteiger partial charge in [-0.15, -0.1) is 0 Å². The van der Waals surface area contributed by atoms with E-state index < -0.39 is 0 Å². The van der Waals surface area contributed by atoms with Crippen molar-refractivity contribution in [1.29, 1.82) is 0 Å². The summed E-state index contributed by atoms with van der Waals surface area (Å²) in [5, 5.41) is 5.65. The Morgan fingerprint density at radius 1 is 1.09 bits per heavy atom. The lowest BCUT2D eigenvalue weighted by atomic mass is 10.1. The number of hydrogen-bond acceptors (Lipinski definition) is 2. The van der Waals surface area contributed by atoms with E-state index in [9.17, 15) is 9.59 Å². The van der Waals surface area contributed by atoms with Crippen molar-refractivity contribution in [3.05, 3.63) is 64.1 Å². The van der Waals surface area contributed by atoms with Crippen LogP contribution in [0.5, 0.6) is 0 Å². The van der Waals surface area contributed by atoms with Crippen LogP contribution >= 0.6 is 15.9 Å². The lowest BCUT2D eigenvalue weighted by Crippen LogP contribution is -2.31. The standard InChI is InChI=1S/C18H19BrN2O2/c1-12(2)20-18(23)15-8-3-4-9-16(15)21-17(22)11-13-6-5-7-14(19)10-13/h3-10,12H,11H2,1-2H3,(H,20,23)(H,21,22). The highest BCUT2D eigenvalue weighted by Crippen LogP contribution is 2.17. The third-order valence-electron chi connectivity index (χ3n) is 3.12. The van der Waals surface area contributed by atoms with Gasteiger partial charge in [0.15, 0.2) is 0 Å². The van der Waals surface area contributed by atoms with Gasteiger partial charge >= 0.3 is 0 Å². The molecule has 0 unspecified atom stereocenters. The van der Waals surface area contributed by atoms with Crippen LogP contribution < -0.4 is 10.6 Å². The Bertz CT molecular complexity index is 714. The van der Waals surface area contributed by atoms with Gasteiger partial charge in [-0.05, 0) is 43.7 Å². The number of anilines is 1. The molecule has 0 aromatic heterocycles. The minimum Gasteiger partial charge on any atom is -0.350 e. The molecule has 0 spiro atoms. The second kappa shape index (κ2) is 7.92. The topological polar surface area (TPSA) is 58.2 Å². The quantitative estimate of drug-likeness (QED) is 0.836. The maximum Gasteiger partial charge on any atom is 0.253 e. The van der Waals surface area contributed by atoms with Crippen molar-refractivity contribution < 1.29 is 9.59 Å². The van der Waals surface area contributed by atoms with E-state index in [0.717, 1.165) is 10.0 Å². The van der Waals surface area contributed by atoms with E-state index in [1.54, 1.807) is 24.3 Å². The second-order valence-electron chi connectivity index (χ2n) is 5.53. The van der Waals surface area contributed by atoms with E-state index in [4.69, 9.17) is 0 Å². The zero-order chi connectivity index (χ0) is 16.8. The Morgan fingerprint density at radius 3 is 2.52 bits per heavy atom. The molecule has 0 fully saturated rings. The van der Waals surface area contributed by atoms with Crippen LogP contribution in [-0.2, 0) is 11.2 Å². The summed E-state index contributed by atoms with van der Waals surface area (Å²) in [6.07, 6.45) is 0.250. The third kappa shape index (κ3) is 5.21. The molecule has 0 saturated heterocycles. The van der Waals surface area contributed by atoms with Crippen molar-refractivity contribution in [2.75, 3.05) is 5.32 Å². The molecule has 4 nitrogen and oxygen atoms in total. The summed E-state index contributed by atoms with van der Waals surface area (Å²) in [5.74, 6) is -0.355. The van der Waals surface area contributed by atoms with E-state index in [1.807, 2.05) is 38.1 Å². The van der Waals surface area contributed by atoms with Gasteiger partial charge in [-0.2, -0.15) is 0 Å². The van der Waals surface area contributed by atoms with Gasteiger partial charge < -0.3 is 10.6 Å². The molecule has 0 aliphatic rings. The molecule has 2 aromatic carbocycles. The molecule has 0 radical (unpaired) electrons. The van der Waals surface area contributed by atoms with Crippen LogP contribution in [0.2, 0.25) is 0 Å². The Balaban J connectivity index is 2.10. The highest BCUT2D eigenvalue weighted by molar-refractivity contribution is 9.10. The molecule has 0 atom stereocenters. The van der Waals surface area contributed by atoms with Gasteiger partial charge in [0, 0.05) is 10.5 Å². The fraction of sp³-hybridized carbons (Fsp3) is 0.222. The first-order valence-corrected chi connectivity index (χ1v) is 8.19. The van der Waals surface area contributed by atoms with Crippen molar-refractivity contribution in [2.24, 2.45) is 0 Å². The Hall–Kier alpha value is -2.14. The van der Waals surface area contributed by atoms with Gasteiger partial charge in [0.1, 0.15) is 0 Å². The molecule has 0 aliphatic carbocycles. The van der Waals surface area contributed by atoms with Gasteiger partial charge in [-0.25, -0.2) is 0 Å². The summed E-state index contributed by atoms with van der Waals surface area (Å²) in [6.45, 7) is 3.79. The van der Waals surface area contributed by atoms with Crippen LogP contribution in [0.4, 0.5) is 5.69 Å². The molecule has 2 N–H and O–H groups in total. The molecule has 120 valence electrons. The number of rotatable bonds is 5. The number of carbonyl (C=O) groups is 2. The van der Waals surface area contributed by atoms with Gasteiger partial charge in [0.05, 0.1) is 17.7 Å². The van der Waals surface area contributed by atoms with Crippen molar-refractivity contribution in [1.82, 2.24) is 5.32 Å². The second-order valence-corrected chi connectivity index (χ2v) is 6.44. The van der Waals surface area contributed by atoms with E-state index in [2.05, 4.69) is 26.6 Å². The van der Waals surface area contributed by atoms with Gasteiger partial charge in [-0.1, -0.05) is 40.2 Å². The van der Waals surface area contributed by atoms with Gasteiger partial charge in [0.25, 0.3) is 5.91 Å². The zero-order valence-electron chi connectivity index (χ0n) is 13.1. The molecule has 0 saturated carbocycles. The monoisotopic (exact) mass is 374 g/mol. The maximum atomic E-state index is 12.2. The normalized spacial score (nSPS) is 10.4. The van der Waals surface area contributed by atoms with E-state index in [0.29, 0.717) is 11.3 Å². The number of carbonyl (C=O) groups excluding carboxylic acids is 2. The first kappa shape index (κ1) is 17.2. The van der Waals surface area contributed by atoms with Crippen LogP contribution in [0.25, 0.3) is 0 Å². The van der Waals surface area contributed by atoms with E-state index in [1.165, 1.54) is 0 Å². The molecule has 2 aromatic rings. The molecule has 0 bridgehead atoms. The number of benzene rings is 2. The zero-order valence-corrected chi connectivity index (χ0v) is 14.7. The summed E-state index contributed by atoms with van der Waals surface area (Å²) >= 11 is 3.39. The summed E-state index contributed by atoms with van der Waals surface area (Å²) in [6, 6.07) is 14.6. The summed E-state index contributed by atoms with van der Waals surface area (Å²) in [4.78, 5) is 24.4. The fourth-order valence-corrected chi connectivity index (χ4v) is 2.60. The Morgan fingerprint density at radius 2 is 1.83 bits per heavy atom. The maximum absolute atomic E-state index is 12.2. The highest BCUT2D eigenvalue weighted by atomic mass is 79.9. The molecule has 0 heterocycles.